The van der Waals surface area contributed by atoms with Gasteiger partial charge in [0.25, 0.3) is 0 Å². The third kappa shape index (κ3) is 5.28. The first kappa shape index (κ1) is 17.9. The van der Waals surface area contributed by atoms with Gasteiger partial charge in [0.1, 0.15) is 5.75 Å². The molecule has 1 N–H and O–H groups in total. The van der Waals surface area contributed by atoms with Gasteiger partial charge in [-0.1, -0.05) is 11.6 Å². The van der Waals surface area contributed by atoms with Gasteiger partial charge >= 0.3 is 6.18 Å². The summed E-state index contributed by atoms with van der Waals surface area (Å²) in [6.45, 7) is -1.52. The lowest BCUT2D eigenvalue weighted by Crippen LogP contribution is -2.25. The van der Waals surface area contributed by atoms with Crippen molar-refractivity contribution in [1.29, 1.82) is 0 Å². The molecule has 128 valence electrons. The number of alkyl halides is 3. The molecule has 1 aliphatic heterocycles. The minimum absolute atomic E-state index is 0.0314. The summed E-state index contributed by atoms with van der Waals surface area (Å²) < 4.78 is 64.1. The molecule has 0 radical (unpaired) electrons. The normalized spacial score (nSPS) is 20.3. The maximum Gasteiger partial charge on any atom is 0.422 e. The zero-order valence-corrected chi connectivity index (χ0v) is 13.3. The first-order chi connectivity index (χ1) is 10.6. The predicted molar refractivity (Wildman–Crippen MR) is 78.4 cm³/mol. The van der Waals surface area contributed by atoms with Crippen LogP contribution in [0.1, 0.15) is 6.42 Å². The number of hydrogen-bond acceptors (Lipinski definition) is 4. The second-order valence-electron chi connectivity index (χ2n) is 5.13. The number of benzene rings is 1. The van der Waals surface area contributed by atoms with Crippen LogP contribution in [0, 0.1) is 5.92 Å². The number of amides is 1. The highest BCUT2D eigenvalue weighted by Crippen LogP contribution is 2.31. The summed E-state index contributed by atoms with van der Waals surface area (Å²) in [7, 11) is -3.25. The van der Waals surface area contributed by atoms with Gasteiger partial charge in [-0.2, -0.15) is 13.2 Å². The molecule has 0 bridgehead atoms. The molecule has 23 heavy (non-hydrogen) atoms. The van der Waals surface area contributed by atoms with Crippen LogP contribution in [-0.2, 0) is 14.6 Å². The molecule has 1 heterocycles. The number of halogens is 4. The van der Waals surface area contributed by atoms with Gasteiger partial charge < -0.3 is 10.1 Å². The highest BCUT2D eigenvalue weighted by Gasteiger charge is 2.33. The van der Waals surface area contributed by atoms with Crippen molar-refractivity contribution < 1.29 is 31.1 Å². The van der Waals surface area contributed by atoms with Crippen LogP contribution in [0.2, 0.25) is 5.02 Å². The molecule has 1 amide bonds. The molecule has 1 aromatic rings. The molecule has 1 atom stereocenters. The molecule has 1 aliphatic rings. The Labute approximate surface area is 135 Å². The molecule has 1 aromatic carbocycles. The second-order valence-corrected chi connectivity index (χ2v) is 7.80. The maximum atomic E-state index is 12.2. The monoisotopic (exact) mass is 371 g/mol. The number of anilines is 1. The van der Waals surface area contributed by atoms with Gasteiger partial charge in [0.2, 0.25) is 5.91 Å². The van der Waals surface area contributed by atoms with Crippen LogP contribution < -0.4 is 10.1 Å². The van der Waals surface area contributed by atoms with Crippen LogP contribution in [0.5, 0.6) is 5.75 Å². The van der Waals surface area contributed by atoms with Gasteiger partial charge in [-0.3, -0.25) is 4.79 Å². The van der Waals surface area contributed by atoms with Gasteiger partial charge in [-0.05, 0) is 24.6 Å². The van der Waals surface area contributed by atoms with Gasteiger partial charge in [-0.25, -0.2) is 8.42 Å². The van der Waals surface area contributed by atoms with Gasteiger partial charge in [0, 0.05) is 5.02 Å². The third-order valence-corrected chi connectivity index (χ3v) is 5.20. The molecule has 2 rings (SSSR count). The van der Waals surface area contributed by atoms with Crippen molar-refractivity contribution in [3.63, 3.8) is 0 Å². The molecule has 1 saturated heterocycles. The quantitative estimate of drug-likeness (QED) is 0.883. The number of carbonyl (C=O) groups is 1. The Kier molecular flexibility index (Phi) is 5.10. The Bertz CT molecular complexity index is 706. The molecule has 0 aliphatic carbocycles. The van der Waals surface area contributed by atoms with E-state index in [1.807, 2.05) is 0 Å². The summed E-state index contributed by atoms with van der Waals surface area (Å²) in [4.78, 5) is 12.1. The van der Waals surface area contributed by atoms with Crippen LogP contribution in [0.3, 0.4) is 0 Å². The summed E-state index contributed by atoms with van der Waals surface area (Å²) in [5, 5.41) is 2.58. The largest absolute Gasteiger partial charge is 0.482 e. The van der Waals surface area contributed by atoms with Crippen molar-refractivity contribution in [3.8, 4) is 5.75 Å². The van der Waals surface area contributed by atoms with E-state index in [9.17, 15) is 26.4 Å². The zero-order valence-electron chi connectivity index (χ0n) is 11.7. The molecule has 0 saturated carbocycles. The van der Waals surface area contributed by atoms with Crippen LogP contribution >= 0.6 is 11.6 Å². The Morgan fingerprint density at radius 2 is 2.09 bits per heavy atom. The van der Waals surface area contributed by atoms with Crippen molar-refractivity contribution in [3.05, 3.63) is 23.2 Å². The molecule has 0 spiro atoms. The minimum Gasteiger partial charge on any atom is -0.482 e. The molecule has 1 unspecified atom stereocenters. The fourth-order valence-corrected chi connectivity index (χ4v) is 4.04. The van der Waals surface area contributed by atoms with E-state index in [2.05, 4.69) is 10.1 Å². The number of ether oxygens (including phenoxy) is 1. The fraction of sp³-hybridized carbons (Fsp3) is 0.462. The number of hydrogen-bond donors (Lipinski definition) is 1. The van der Waals surface area contributed by atoms with Crippen molar-refractivity contribution >= 4 is 33.0 Å². The summed E-state index contributed by atoms with van der Waals surface area (Å²) in [5.74, 6) is -1.89. The van der Waals surface area contributed by atoms with E-state index >= 15 is 0 Å². The summed E-state index contributed by atoms with van der Waals surface area (Å²) >= 11 is 5.77. The summed E-state index contributed by atoms with van der Waals surface area (Å²) in [6, 6.07) is 3.77. The summed E-state index contributed by atoms with van der Waals surface area (Å²) in [6.07, 6.45) is -4.35. The van der Waals surface area contributed by atoms with E-state index in [1.165, 1.54) is 18.2 Å². The number of nitrogens with one attached hydrogen (secondary N) is 1. The van der Waals surface area contributed by atoms with E-state index < -0.39 is 34.4 Å². The zero-order chi connectivity index (χ0) is 17.3. The lowest BCUT2D eigenvalue weighted by molar-refractivity contribution is -0.153. The van der Waals surface area contributed by atoms with Gasteiger partial charge in [0.05, 0.1) is 23.1 Å². The van der Waals surface area contributed by atoms with E-state index in [4.69, 9.17) is 11.6 Å². The lowest BCUT2D eigenvalue weighted by atomic mass is 10.1. The summed E-state index contributed by atoms with van der Waals surface area (Å²) in [5.41, 5.74) is -0.0314. The second kappa shape index (κ2) is 6.56. The first-order valence-corrected chi connectivity index (χ1v) is 8.76. The SMILES string of the molecule is O=C(Nc1cc(Cl)ccc1OCC(F)(F)F)C1CCS(=O)(=O)C1. The predicted octanol–water partition coefficient (Wildman–Crippen LogP) is 2.65. The molecule has 0 aromatic heterocycles. The first-order valence-electron chi connectivity index (χ1n) is 6.56. The minimum atomic E-state index is -4.53. The van der Waals surface area contributed by atoms with Crippen LogP contribution in [0.15, 0.2) is 18.2 Å². The standard InChI is InChI=1S/C13H13ClF3NO4S/c14-9-1-2-11(22-7-13(15,16)17)10(5-9)18-12(19)8-3-4-23(20,21)6-8/h1-2,5,8H,3-4,6-7H2,(H,18,19). The van der Waals surface area contributed by atoms with Crippen molar-refractivity contribution in [2.75, 3.05) is 23.4 Å². The smallest absolute Gasteiger partial charge is 0.422 e. The van der Waals surface area contributed by atoms with Crippen LogP contribution in [-0.4, -0.2) is 38.6 Å². The molecule has 10 heteroatoms. The van der Waals surface area contributed by atoms with E-state index in [1.54, 1.807) is 0 Å². The average Bonchev–Trinajstić information content (AvgIpc) is 2.77. The highest BCUT2D eigenvalue weighted by atomic mass is 35.5. The Hall–Kier alpha value is -1.48. The average molecular weight is 372 g/mol. The highest BCUT2D eigenvalue weighted by molar-refractivity contribution is 7.91. The van der Waals surface area contributed by atoms with E-state index in [0.717, 1.165) is 0 Å². The molecular formula is C13H13ClF3NO4S. The van der Waals surface area contributed by atoms with Crippen LogP contribution in [0.25, 0.3) is 0 Å². The maximum absolute atomic E-state index is 12.2. The lowest BCUT2D eigenvalue weighted by Gasteiger charge is -2.15. The Morgan fingerprint density at radius 1 is 1.39 bits per heavy atom. The van der Waals surface area contributed by atoms with Crippen LogP contribution in [0.4, 0.5) is 18.9 Å². The Balaban J connectivity index is 2.12. The number of rotatable bonds is 4. The molecule has 1 fully saturated rings. The molecular weight excluding hydrogens is 359 g/mol. The number of carbonyl (C=O) groups excluding carboxylic acids is 1. The molecule has 5 nitrogen and oxygen atoms in total. The topological polar surface area (TPSA) is 72.5 Å². The van der Waals surface area contributed by atoms with E-state index in [-0.39, 0.29) is 34.4 Å². The van der Waals surface area contributed by atoms with Gasteiger partial charge in [0.15, 0.2) is 16.4 Å². The van der Waals surface area contributed by atoms with Gasteiger partial charge in [-0.15, -0.1) is 0 Å². The Morgan fingerprint density at radius 3 is 2.65 bits per heavy atom. The third-order valence-electron chi connectivity index (χ3n) is 3.19. The van der Waals surface area contributed by atoms with Crippen molar-refractivity contribution in [2.45, 2.75) is 12.6 Å². The van der Waals surface area contributed by atoms with Crippen molar-refractivity contribution in [1.82, 2.24) is 0 Å². The van der Waals surface area contributed by atoms with E-state index in [0.29, 0.717) is 0 Å². The van der Waals surface area contributed by atoms with Crippen molar-refractivity contribution in [2.24, 2.45) is 5.92 Å². The number of sulfone groups is 1. The fourth-order valence-electron chi connectivity index (χ4n) is 2.12.